The Morgan fingerprint density at radius 2 is 2.11 bits per heavy atom. The molecule has 1 atom stereocenters. The smallest absolute Gasteiger partial charge is 0.239 e. The Kier molecular flexibility index (Phi) is 4.62. The molecule has 0 saturated carbocycles. The molecular weight excluding hydrogens is 228 g/mol. The lowest BCUT2D eigenvalue weighted by molar-refractivity contribution is -0.131. The predicted octanol–water partition coefficient (Wildman–Crippen LogP) is 1.40. The first kappa shape index (κ1) is 13.8. The number of hydrogen-bond donors (Lipinski definition) is 1. The van der Waals surface area contributed by atoms with E-state index in [0.29, 0.717) is 5.92 Å². The molecular formula is C14H26N2O2. The maximum Gasteiger partial charge on any atom is 0.239 e. The van der Waals surface area contributed by atoms with Crippen LogP contribution in [0.4, 0.5) is 0 Å². The lowest BCUT2D eigenvalue weighted by Crippen LogP contribution is -2.54. The number of amides is 1. The van der Waals surface area contributed by atoms with Crippen LogP contribution in [0, 0.1) is 5.92 Å². The van der Waals surface area contributed by atoms with Gasteiger partial charge in [-0.15, -0.1) is 0 Å². The fourth-order valence-corrected chi connectivity index (χ4v) is 2.84. The monoisotopic (exact) mass is 254 g/mol. The number of nitrogens with one attached hydrogen (secondary N) is 1. The van der Waals surface area contributed by atoms with Gasteiger partial charge in [-0.2, -0.15) is 0 Å². The lowest BCUT2D eigenvalue weighted by atomic mass is 10.0. The SMILES string of the molecule is CC(C)(C(=O)NCCC1CCOC1)N1CCCC1. The highest BCUT2D eigenvalue weighted by molar-refractivity contribution is 5.85. The van der Waals surface area contributed by atoms with Crippen molar-refractivity contribution in [2.75, 3.05) is 32.8 Å². The summed E-state index contributed by atoms with van der Waals surface area (Å²) in [6.45, 7) is 8.71. The molecule has 2 saturated heterocycles. The molecule has 4 heteroatoms. The minimum Gasteiger partial charge on any atom is -0.381 e. The number of rotatable bonds is 5. The average molecular weight is 254 g/mol. The van der Waals surface area contributed by atoms with Gasteiger partial charge in [0, 0.05) is 19.8 Å². The van der Waals surface area contributed by atoms with E-state index in [1.807, 2.05) is 13.8 Å². The van der Waals surface area contributed by atoms with Crippen molar-refractivity contribution in [3.8, 4) is 0 Å². The van der Waals surface area contributed by atoms with E-state index >= 15 is 0 Å². The van der Waals surface area contributed by atoms with Gasteiger partial charge in [-0.1, -0.05) is 0 Å². The van der Waals surface area contributed by atoms with Gasteiger partial charge in [0.1, 0.15) is 0 Å². The largest absolute Gasteiger partial charge is 0.381 e. The van der Waals surface area contributed by atoms with Crippen LogP contribution in [0.15, 0.2) is 0 Å². The second kappa shape index (κ2) is 6.02. The number of ether oxygens (including phenoxy) is 1. The molecule has 1 amide bonds. The first-order valence-corrected chi connectivity index (χ1v) is 7.22. The third-order valence-electron chi connectivity index (χ3n) is 4.31. The lowest BCUT2D eigenvalue weighted by Gasteiger charge is -2.33. The van der Waals surface area contributed by atoms with Gasteiger partial charge >= 0.3 is 0 Å². The summed E-state index contributed by atoms with van der Waals surface area (Å²) in [5.41, 5.74) is -0.358. The summed E-state index contributed by atoms with van der Waals surface area (Å²) >= 11 is 0. The van der Waals surface area contributed by atoms with E-state index in [-0.39, 0.29) is 11.4 Å². The molecule has 2 heterocycles. The molecule has 0 aromatic heterocycles. The maximum absolute atomic E-state index is 12.2. The molecule has 0 aromatic rings. The van der Waals surface area contributed by atoms with Crippen LogP contribution in [0.5, 0.6) is 0 Å². The Labute approximate surface area is 110 Å². The van der Waals surface area contributed by atoms with Crippen LogP contribution in [-0.4, -0.2) is 49.2 Å². The van der Waals surface area contributed by atoms with Gasteiger partial charge in [-0.25, -0.2) is 0 Å². The van der Waals surface area contributed by atoms with Crippen LogP contribution in [-0.2, 0) is 9.53 Å². The molecule has 1 N–H and O–H groups in total. The van der Waals surface area contributed by atoms with Gasteiger partial charge in [0.05, 0.1) is 5.54 Å². The Morgan fingerprint density at radius 1 is 1.39 bits per heavy atom. The molecule has 4 nitrogen and oxygen atoms in total. The highest BCUT2D eigenvalue weighted by Gasteiger charge is 2.35. The van der Waals surface area contributed by atoms with E-state index in [0.717, 1.165) is 45.7 Å². The number of likely N-dealkylation sites (tertiary alicyclic amines) is 1. The predicted molar refractivity (Wildman–Crippen MR) is 71.4 cm³/mol. The van der Waals surface area contributed by atoms with Gasteiger partial charge in [-0.05, 0) is 58.5 Å². The molecule has 1 unspecified atom stereocenters. The van der Waals surface area contributed by atoms with Crippen LogP contribution >= 0.6 is 0 Å². The first-order chi connectivity index (χ1) is 8.60. The number of nitrogens with zero attached hydrogens (tertiary/aromatic N) is 1. The van der Waals surface area contributed by atoms with E-state index in [4.69, 9.17) is 4.74 Å². The fourth-order valence-electron chi connectivity index (χ4n) is 2.84. The van der Waals surface area contributed by atoms with Crippen LogP contribution in [0.25, 0.3) is 0 Å². The normalized spacial score (nSPS) is 25.6. The second-order valence-electron chi connectivity index (χ2n) is 6.03. The molecule has 0 spiro atoms. The molecule has 2 aliphatic rings. The molecule has 0 aliphatic carbocycles. The Hall–Kier alpha value is -0.610. The summed E-state index contributed by atoms with van der Waals surface area (Å²) in [5, 5.41) is 3.09. The standard InChI is InChI=1S/C14H26N2O2/c1-14(2,16-8-3-4-9-16)13(17)15-7-5-12-6-10-18-11-12/h12H,3-11H2,1-2H3,(H,15,17). The molecule has 0 radical (unpaired) electrons. The fraction of sp³-hybridized carbons (Fsp3) is 0.929. The van der Waals surface area contributed by atoms with Gasteiger partial charge in [0.2, 0.25) is 5.91 Å². The molecule has 0 aromatic carbocycles. The molecule has 2 fully saturated rings. The zero-order valence-electron chi connectivity index (χ0n) is 11.7. The number of hydrogen-bond acceptors (Lipinski definition) is 3. The zero-order chi connectivity index (χ0) is 13.0. The summed E-state index contributed by atoms with van der Waals surface area (Å²) in [7, 11) is 0. The summed E-state index contributed by atoms with van der Waals surface area (Å²) in [5.74, 6) is 0.809. The van der Waals surface area contributed by atoms with E-state index in [9.17, 15) is 4.79 Å². The minimum absolute atomic E-state index is 0.170. The van der Waals surface area contributed by atoms with Gasteiger partial charge in [-0.3, -0.25) is 9.69 Å². The van der Waals surface area contributed by atoms with Crippen molar-refractivity contribution in [1.82, 2.24) is 10.2 Å². The summed E-state index contributed by atoms with van der Waals surface area (Å²) in [6.07, 6.45) is 4.62. The minimum atomic E-state index is -0.358. The third-order valence-corrected chi connectivity index (χ3v) is 4.31. The van der Waals surface area contributed by atoms with Gasteiger partial charge in [0.25, 0.3) is 0 Å². The Balaban J connectivity index is 1.72. The van der Waals surface area contributed by atoms with Gasteiger partial charge < -0.3 is 10.1 Å². The van der Waals surface area contributed by atoms with Crippen molar-refractivity contribution in [2.45, 2.75) is 45.1 Å². The Morgan fingerprint density at radius 3 is 2.72 bits per heavy atom. The van der Waals surface area contributed by atoms with Crippen molar-refractivity contribution in [3.63, 3.8) is 0 Å². The van der Waals surface area contributed by atoms with Crippen LogP contribution in [0.1, 0.15) is 39.5 Å². The van der Waals surface area contributed by atoms with Crippen molar-refractivity contribution in [1.29, 1.82) is 0 Å². The van der Waals surface area contributed by atoms with E-state index in [1.165, 1.54) is 12.8 Å². The zero-order valence-corrected chi connectivity index (χ0v) is 11.7. The summed E-state index contributed by atoms with van der Waals surface area (Å²) < 4.78 is 5.34. The second-order valence-corrected chi connectivity index (χ2v) is 6.03. The van der Waals surface area contributed by atoms with Crippen LogP contribution in [0.2, 0.25) is 0 Å². The van der Waals surface area contributed by atoms with Crippen LogP contribution < -0.4 is 5.32 Å². The first-order valence-electron chi connectivity index (χ1n) is 7.22. The van der Waals surface area contributed by atoms with Crippen molar-refractivity contribution in [3.05, 3.63) is 0 Å². The summed E-state index contributed by atoms with van der Waals surface area (Å²) in [6, 6.07) is 0. The average Bonchev–Trinajstić information content (AvgIpc) is 3.02. The molecule has 0 bridgehead atoms. The van der Waals surface area contributed by atoms with Crippen LogP contribution in [0.3, 0.4) is 0 Å². The molecule has 18 heavy (non-hydrogen) atoms. The molecule has 2 rings (SSSR count). The van der Waals surface area contributed by atoms with Gasteiger partial charge in [0.15, 0.2) is 0 Å². The highest BCUT2D eigenvalue weighted by atomic mass is 16.5. The summed E-state index contributed by atoms with van der Waals surface area (Å²) in [4.78, 5) is 14.5. The van der Waals surface area contributed by atoms with Crippen molar-refractivity contribution < 1.29 is 9.53 Å². The third kappa shape index (κ3) is 3.23. The van der Waals surface area contributed by atoms with Crippen molar-refractivity contribution in [2.24, 2.45) is 5.92 Å². The quantitative estimate of drug-likeness (QED) is 0.806. The maximum atomic E-state index is 12.2. The number of carbonyl (C=O) groups excluding carboxylic acids is 1. The Bertz CT molecular complexity index is 280. The number of carbonyl (C=O) groups is 1. The van der Waals surface area contributed by atoms with Crippen molar-refractivity contribution >= 4 is 5.91 Å². The highest BCUT2D eigenvalue weighted by Crippen LogP contribution is 2.21. The van der Waals surface area contributed by atoms with E-state index in [2.05, 4.69) is 10.2 Å². The molecule has 2 aliphatic heterocycles. The molecule has 104 valence electrons. The van der Waals surface area contributed by atoms with E-state index in [1.54, 1.807) is 0 Å². The van der Waals surface area contributed by atoms with E-state index < -0.39 is 0 Å². The topological polar surface area (TPSA) is 41.6 Å².